The van der Waals surface area contributed by atoms with E-state index in [1.807, 2.05) is 0 Å². The third-order valence-corrected chi connectivity index (χ3v) is 4.96. The van der Waals surface area contributed by atoms with Crippen LogP contribution in [-0.4, -0.2) is 29.9 Å². The number of hydrogen-bond acceptors (Lipinski definition) is 5. The predicted molar refractivity (Wildman–Crippen MR) is 104 cm³/mol. The lowest BCUT2D eigenvalue weighted by molar-refractivity contribution is -0.384. The highest BCUT2D eigenvalue weighted by atomic mass is 35.5. The van der Waals surface area contributed by atoms with E-state index in [2.05, 4.69) is 5.32 Å². The summed E-state index contributed by atoms with van der Waals surface area (Å²) in [6.07, 6.45) is 0. The zero-order valence-corrected chi connectivity index (χ0v) is 16.2. The van der Waals surface area contributed by atoms with Crippen molar-refractivity contribution < 1.29 is 19.2 Å². The van der Waals surface area contributed by atoms with Crippen molar-refractivity contribution in [2.24, 2.45) is 0 Å². The van der Waals surface area contributed by atoms with E-state index in [4.69, 9.17) is 27.9 Å². The lowest BCUT2D eigenvalue weighted by Crippen LogP contribution is -2.45. The summed E-state index contributed by atoms with van der Waals surface area (Å²) in [4.78, 5) is 36.3. The van der Waals surface area contributed by atoms with Crippen molar-refractivity contribution in [3.8, 4) is 5.75 Å². The van der Waals surface area contributed by atoms with Crippen LogP contribution in [0.1, 0.15) is 18.5 Å². The Hall–Kier alpha value is -2.84. The van der Waals surface area contributed by atoms with Gasteiger partial charge in [0, 0.05) is 12.1 Å². The summed E-state index contributed by atoms with van der Waals surface area (Å²) in [5.41, 5.74) is 0.724. The Morgan fingerprint density at radius 2 is 2.04 bits per heavy atom. The molecule has 0 saturated carbocycles. The van der Waals surface area contributed by atoms with Crippen LogP contribution in [0.15, 0.2) is 36.4 Å². The summed E-state index contributed by atoms with van der Waals surface area (Å²) in [6, 6.07) is 8.51. The second kappa shape index (κ2) is 8.04. The average molecular weight is 424 g/mol. The fourth-order valence-electron chi connectivity index (χ4n) is 2.77. The number of halogens is 2. The van der Waals surface area contributed by atoms with Crippen molar-refractivity contribution >= 4 is 46.4 Å². The number of carbonyl (C=O) groups excluding carboxylic acids is 2. The zero-order valence-electron chi connectivity index (χ0n) is 14.6. The number of benzene rings is 2. The summed E-state index contributed by atoms with van der Waals surface area (Å²) in [7, 11) is 0. The molecule has 0 spiro atoms. The van der Waals surface area contributed by atoms with Crippen molar-refractivity contribution in [3.63, 3.8) is 0 Å². The SMILES string of the molecule is CC(NC(=O)CN1C(=O)COc2ccc([N+](=O)[O-])cc21)c1ccc(Cl)c(Cl)c1. The fourth-order valence-corrected chi connectivity index (χ4v) is 3.08. The van der Waals surface area contributed by atoms with E-state index >= 15 is 0 Å². The topological polar surface area (TPSA) is 102 Å². The molecule has 1 unspecified atom stereocenters. The molecule has 0 fully saturated rings. The van der Waals surface area contributed by atoms with Gasteiger partial charge in [0.2, 0.25) is 5.91 Å². The van der Waals surface area contributed by atoms with Gasteiger partial charge in [0.25, 0.3) is 11.6 Å². The zero-order chi connectivity index (χ0) is 20.4. The number of hydrogen-bond donors (Lipinski definition) is 1. The Bertz CT molecular complexity index is 966. The molecule has 1 atom stereocenters. The highest BCUT2D eigenvalue weighted by Crippen LogP contribution is 2.35. The number of anilines is 1. The van der Waals surface area contributed by atoms with Crippen molar-refractivity contribution in [2.75, 3.05) is 18.1 Å². The van der Waals surface area contributed by atoms with Crippen molar-refractivity contribution in [1.29, 1.82) is 0 Å². The summed E-state index contributed by atoms with van der Waals surface area (Å²) in [5, 5.41) is 14.6. The molecule has 146 valence electrons. The molecule has 2 amide bonds. The predicted octanol–water partition coefficient (Wildman–Crippen LogP) is 3.50. The van der Waals surface area contributed by atoms with Crippen LogP contribution in [0.2, 0.25) is 10.0 Å². The lowest BCUT2D eigenvalue weighted by atomic mass is 10.1. The molecular weight excluding hydrogens is 409 g/mol. The summed E-state index contributed by atoms with van der Waals surface area (Å²) in [5.74, 6) is -0.604. The number of non-ortho nitro benzene ring substituents is 1. The Kier molecular flexibility index (Phi) is 5.71. The van der Waals surface area contributed by atoms with Gasteiger partial charge in [0.05, 0.1) is 26.7 Å². The first kappa shape index (κ1) is 19.9. The number of ether oxygens (including phenoxy) is 1. The van der Waals surface area contributed by atoms with Crippen LogP contribution in [0, 0.1) is 10.1 Å². The van der Waals surface area contributed by atoms with E-state index in [0.29, 0.717) is 15.8 Å². The smallest absolute Gasteiger partial charge is 0.271 e. The molecule has 8 nitrogen and oxygen atoms in total. The number of nitrogens with one attached hydrogen (secondary N) is 1. The van der Waals surface area contributed by atoms with Crippen LogP contribution in [0.25, 0.3) is 0 Å². The van der Waals surface area contributed by atoms with Crippen LogP contribution < -0.4 is 15.0 Å². The molecule has 0 radical (unpaired) electrons. The number of amides is 2. The van der Waals surface area contributed by atoms with Gasteiger partial charge in [-0.2, -0.15) is 0 Å². The quantitative estimate of drug-likeness (QED) is 0.585. The van der Waals surface area contributed by atoms with E-state index in [1.165, 1.54) is 23.1 Å². The van der Waals surface area contributed by atoms with E-state index in [9.17, 15) is 19.7 Å². The van der Waals surface area contributed by atoms with Crippen LogP contribution in [0.3, 0.4) is 0 Å². The molecule has 1 aliphatic heterocycles. The van der Waals surface area contributed by atoms with Gasteiger partial charge in [-0.1, -0.05) is 29.3 Å². The van der Waals surface area contributed by atoms with Gasteiger partial charge in [-0.15, -0.1) is 0 Å². The minimum Gasteiger partial charge on any atom is -0.482 e. The van der Waals surface area contributed by atoms with Gasteiger partial charge >= 0.3 is 0 Å². The van der Waals surface area contributed by atoms with Crippen LogP contribution in [-0.2, 0) is 9.59 Å². The monoisotopic (exact) mass is 423 g/mol. The molecule has 0 saturated heterocycles. The highest BCUT2D eigenvalue weighted by molar-refractivity contribution is 6.42. The van der Waals surface area contributed by atoms with Crippen LogP contribution in [0.4, 0.5) is 11.4 Å². The van der Waals surface area contributed by atoms with Gasteiger partial charge in [0.1, 0.15) is 12.3 Å². The maximum atomic E-state index is 12.5. The second-order valence-electron chi connectivity index (χ2n) is 6.14. The van der Waals surface area contributed by atoms with Gasteiger partial charge < -0.3 is 10.1 Å². The maximum absolute atomic E-state index is 12.5. The minimum atomic E-state index is -0.579. The number of nitro groups is 1. The number of fused-ring (bicyclic) bond motifs is 1. The van der Waals surface area contributed by atoms with Crippen molar-refractivity contribution in [3.05, 3.63) is 62.1 Å². The van der Waals surface area contributed by atoms with Gasteiger partial charge in [-0.3, -0.25) is 24.6 Å². The molecule has 1 heterocycles. The third kappa shape index (κ3) is 4.18. The fraction of sp³-hybridized carbons (Fsp3) is 0.222. The molecule has 10 heteroatoms. The standard InChI is InChI=1S/C18H15Cl2N3O5/c1-10(11-2-4-13(19)14(20)6-11)21-17(24)8-22-15-7-12(23(26)27)3-5-16(15)28-9-18(22)25/h2-7,10H,8-9H2,1H3,(H,21,24). The molecule has 0 aliphatic carbocycles. The normalized spacial score (nSPS) is 14.1. The Morgan fingerprint density at radius 3 is 2.71 bits per heavy atom. The number of nitro benzene ring substituents is 1. The summed E-state index contributed by atoms with van der Waals surface area (Å²) in [6.45, 7) is 1.21. The molecule has 2 aromatic carbocycles. The van der Waals surface area contributed by atoms with E-state index in [0.717, 1.165) is 5.56 Å². The Balaban J connectivity index is 1.76. The molecule has 0 bridgehead atoms. The molecule has 2 aromatic rings. The number of rotatable bonds is 5. The third-order valence-electron chi connectivity index (χ3n) is 4.22. The molecule has 0 aromatic heterocycles. The van der Waals surface area contributed by atoms with Crippen molar-refractivity contribution in [2.45, 2.75) is 13.0 Å². The second-order valence-corrected chi connectivity index (χ2v) is 6.95. The largest absolute Gasteiger partial charge is 0.482 e. The number of carbonyl (C=O) groups is 2. The lowest BCUT2D eigenvalue weighted by Gasteiger charge is -2.29. The molecule has 28 heavy (non-hydrogen) atoms. The first-order chi connectivity index (χ1) is 13.3. The molecule has 1 aliphatic rings. The van der Waals surface area contributed by atoms with E-state index < -0.39 is 16.7 Å². The average Bonchev–Trinajstić information content (AvgIpc) is 2.65. The van der Waals surface area contributed by atoms with Crippen molar-refractivity contribution in [1.82, 2.24) is 5.32 Å². The Labute approximate surface area is 170 Å². The van der Waals surface area contributed by atoms with Gasteiger partial charge in [0.15, 0.2) is 6.61 Å². The molecule has 1 N–H and O–H groups in total. The maximum Gasteiger partial charge on any atom is 0.271 e. The summed E-state index contributed by atoms with van der Waals surface area (Å²) >= 11 is 11.9. The van der Waals surface area contributed by atoms with E-state index in [1.54, 1.807) is 25.1 Å². The minimum absolute atomic E-state index is 0.183. The van der Waals surface area contributed by atoms with E-state index in [-0.39, 0.29) is 30.6 Å². The first-order valence-corrected chi connectivity index (χ1v) is 8.98. The van der Waals surface area contributed by atoms with Gasteiger partial charge in [-0.05, 0) is 30.7 Å². The van der Waals surface area contributed by atoms with Gasteiger partial charge in [-0.25, -0.2) is 0 Å². The first-order valence-electron chi connectivity index (χ1n) is 8.22. The highest BCUT2D eigenvalue weighted by Gasteiger charge is 2.29. The van der Waals surface area contributed by atoms with Crippen LogP contribution in [0.5, 0.6) is 5.75 Å². The number of nitrogens with zero attached hydrogens (tertiary/aromatic N) is 2. The molecule has 3 rings (SSSR count). The summed E-state index contributed by atoms with van der Waals surface area (Å²) < 4.78 is 5.28. The molecular formula is C18H15Cl2N3O5. The van der Waals surface area contributed by atoms with Crippen LogP contribution >= 0.6 is 23.2 Å². The Morgan fingerprint density at radius 1 is 1.29 bits per heavy atom.